The molecule has 2 rings (SSSR count). The summed E-state index contributed by atoms with van der Waals surface area (Å²) < 4.78 is 1.54. The third-order valence-electron chi connectivity index (χ3n) is 2.35. The van der Waals surface area contributed by atoms with Gasteiger partial charge in [-0.1, -0.05) is 11.6 Å². The summed E-state index contributed by atoms with van der Waals surface area (Å²) >= 11 is 5.91. The van der Waals surface area contributed by atoms with Crippen LogP contribution in [0.15, 0.2) is 18.5 Å². The minimum absolute atomic E-state index is 0.154. The van der Waals surface area contributed by atoms with Crippen molar-refractivity contribution in [2.75, 3.05) is 0 Å². The Bertz CT molecular complexity index is 573. The van der Waals surface area contributed by atoms with Crippen molar-refractivity contribution in [1.82, 2.24) is 14.8 Å². The topological polar surface area (TPSA) is 68.0 Å². The lowest BCUT2D eigenvalue weighted by Crippen LogP contribution is -2.05. The average molecular weight is 252 g/mol. The Morgan fingerprint density at radius 1 is 1.47 bits per heavy atom. The van der Waals surface area contributed by atoms with Crippen molar-refractivity contribution in [2.24, 2.45) is 0 Å². The molecule has 2 aromatic heterocycles. The highest BCUT2D eigenvalue weighted by molar-refractivity contribution is 6.31. The lowest BCUT2D eigenvalue weighted by molar-refractivity contribution is 0.0696. The summed E-state index contributed by atoms with van der Waals surface area (Å²) in [6.07, 6.45) is 2.95. The quantitative estimate of drug-likeness (QED) is 0.889. The third kappa shape index (κ3) is 2.14. The molecule has 2 aromatic rings. The fraction of sp³-hybridized carbons (Fsp3) is 0.182. The van der Waals surface area contributed by atoms with Crippen LogP contribution in [0.1, 0.15) is 21.6 Å². The van der Waals surface area contributed by atoms with E-state index in [0.717, 1.165) is 5.56 Å². The normalized spacial score (nSPS) is 10.5. The van der Waals surface area contributed by atoms with E-state index < -0.39 is 5.97 Å². The molecule has 0 aliphatic carbocycles. The molecule has 0 spiro atoms. The largest absolute Gasteiger partial charge is 0.478 e. The van der Waals surface area contributed by atoms with Crippen LogP contribution in [0.3, 0.4) is 0 Å². The minimum atomic E-state index is -0.998. The highest BCUT2D eigenvalue weighted by Gasteiger charge is 2.10. The Hall–Kier alpha value is -1.88. The number of aryl methyl sites for hydroxylation is 2. The molecule has 1 N–H and O–H groups in total. The van der Waals surface area contributed by atoms with E-state index in [2.05, 4.69) is 10.1 Å². The van der Waals surface area contributed by atoms with E-state index >= 15 is 0 Å². The zero-order valence-electron chi connectivity index (χ0n) is 9.31. The molecule has 2 heterocycles. The van der Waals surface area contributed by atoms with E-state index in [-0.39, 0.29) is 5.56 Å². The molecule has 0 amide bonds. The maximum absolute atomic E-state index is 10.8. The smallest absolute Gasteiger partial charge is 0.337 e. The zero-order valence-corrected chi connectivity index (χ0v) is 10.1. The molecule has 5 nitrogen and oxygen atoms in total. The molecule has 88 valence electrons. The van der Waals surface area contributed by atoms with Gasteiger partial charge in [-0.3, -0.25) is 0 Å². The van der Waals surface area contributed by atoms with E-state index in [1.807, 2.05) is 0 Å². The van der Waals surface area contributed by atoms with Crippen LogP contribution >= 0.6 is 11.6 Å². The highest BCUT2D eigenvalue weighted by atomic mass is 35.5. The predicted octanol–water partition coefficient (Wildman–Crippen LogP) is 2.24. The van der Waals surface area contributed by atoms with Gasteiger partial charge in [0.15, 0.2) is 5.82 Å². The van der Waals surface area contributed by atoms with E-state index in [9.17, 15) is 4.79 Å². The molecule has 0 atom stereocenters. The lowest BCUT2D eigenvalue weighted by atomic mass is 10.2. The maximum atomic E-state index is 10.8. The van der Waals surface area contributed by atoms with Gasteiger partial charge < -0.3 is 5.11 Å². The summed E-state index contributed by atoms with van der Waals surface area (Å²) in [6, 6.07) is 1.55. The minimum Gasteiger partial charge on any atom is -0.478 e. The van der Waals surface area contributed by atoms with Crippen LogP contribution in [0.5, 0.6) is 0 Å². The van der Waals surface area contributed by atoms with Crippen LogP contribution in [-0.4, -0.2) is 25.8 Å². The molecule has 0 unspecified atom stereocenters. The molecule has 0 aliphatic heterocycles. The Balaban J connectivity index is 2.50. The number of aromatic nitrogens is 3. The predicted molar refractivity (Wildman–Crippen MR) is 62.8 cm³/mol. The van der Waals surface area contributed by atoms with E-state index in [1.165, 1.54) is 6.20 Å². The van der Waals surface area contributed by atoms with Gasteiger partial charge in [0.25, 0.3) is 0 Å². The van der Waals surface area contributed by atoms with E-state index in [0.29, 0.717) is 16.5 Å². The van der Waals surface area contributed by atoms with Gasteiger partial charge in [-0.15, -0.1) is 0 Å². The second kappa shape index (κ2) is 4.18. The van der Waals surface area contributed by atoms with Crippen molar-refractivity contribution in [3.05, 3.63) is 40.3 Å². The van der Waals surface area contributed by atoms with Gasteiger partial charge in [0.1, 0.15) is 0 Å². The lowest BCUT2D eigenvalue weighted by Gasteiger charge is -2.05. The first-order chi connectivity index (χ1) is 7.99. The summed E-state index contributed by atoms with van der Waals surface area (Å²) in [5, 5.41) is 13.6. The number of carboxylic acids is 1. The Kier molecular flexibility index (Phi) is 2.85. The molecule has 0 aliphatic rings. The molecule has 0 fully saturated rings. The van der Waals surface area contributed by atoms with Crippen LogP contribution in [-0.2, 0) is 0 Å². The molecular weight excluding hydrogens is 242 g/mol. The Morgan fingerprint density at radius 2 is 2.18 bits per heavy atom. The number of carbonyl (C=O) groups is 1. The van der Waals surface area contributed by atoms with Crippen molar-refractivity contribution in [2.45, 2.75) is 13.8 Å². The molecule has 0 bridgehead atoms. The van der Waals surface area contributed by atoms with Crippen LogP contribution in [0, 0.1) is 13.8 Å². The number of hydrogen-bond donors (Lipinski definition) is 1. The van der Waals surface area contributed by atoms with E-state index in [4.69, 9.17) is 16.7 Å². The second-order valence-corrected chi connectivity index (χ2v) is 4.08. The number of aromatic carboxylic acids is 1. The summed E-state index contributed by atoms with van der Waals surface area (Å²) in [7, 11) is 0. The number of halogens is 1. The van der Waals surface area contributed by atoms with Gasteiger partial charge >= 0.3 is 5.97 Å². The molecule has 6 heteroatoms. The molecule has 0 saturated heterocycles. The van der Waals surface area contributed by atoms with Gasteiger partial charge in [0.05, 0.1) is 22.5 Å². The van der Waals surface area contributed by atoms with Gasteiger partial charge in [-0.05, 0) is 25.5 Å². The van der Waals surface area contributed by atoms with Crippen molar-refractivity contribution in [1.29, 1.82) is 0 Å². The summed E-state index contributed by atoms with van der Waals surface area (Å²) in [5.74, 6) is -0.424. The Morgan fingerprint density at radius 3 is 2.65 bits per heavy atom. The second-order valence-electron chi connectivity index (χ2n) is 3.68. The maximum Gasteiger partial charge on any atom is 0.337 e. The fourth-order valence-corrected chi connectivity index (χ4v) is 1.60. The molecule has 0 saturated carbocycles. The van der Waals surface area contributed by atoms with Crippen molar-refractivity contribution in [3.63, 3.8) is 0 Å². The first kappa shape index (κ1) is 11.6. The van der Waals surface area contributed by atoms with Crippen LogP contribution in [0.25, 0.3) is 5.82 Å². The summed E-state index contributed by atoms with van der Waals surface area (Å²) in [5.41, 5.74) is 1.58. The zero-order chi connectivity index (χ0) is 12.6. The number of carboxylic acid groups (broad SMARTS) is 1. The first-order valence-corrected chi connectivity index (χ1v) is 5.29. The van der Waals surface area contributed by atoms with E-state index in [1.54, 1.807) is 30.8 Å². The van der Waals surface area contributed by atoms with Gasteiger partial charge in [0, 0.05) is 6.20 Å². The first-order valence-electron chi connectivity index (χ1n) is 4.91. The number of rotatable bonds is 2. The number of nitrogens with zero attached hydrogens (tertiary/aromatic N) is 3. The molecular formula is C11H10ClN3O2. The van der Waals surface area contributed by atoms with Gasteiger partial charge in [-0.2, -0.15) is 5.10 Å². The van der Waals surface area contributed by atoms with Crippen LogP contribution in [0.4, 0.5) is 0 Å². The SMILES string of the molecule is Cc1cc(C(=O)O)cnc1-n1cc(Cl)c(C)n1. The molecule has 17 heavy (non-hydrogen) atoms. The third-order valence-corrected chi connectivity index (χ3v) is 2.72. The molecule has 0 radical (unpaired) electrons. The fourth-order valence-electron chi connectivity index (χ4n) is 1.47. The number of hydrogen-bond acceptors (Lipinski definition) is 3. The van der Waals surface area contributed by atoms with Crippen LogP contribution < -0.4 is 0 Å². The standard InChI is InChI=1S/C11H10ClN3O2/c1-6-3-8(11(16)17)4-13-10(6)15-5-9(12)7(2)14-15/h3-5H,1-2H3,(H,16,17). The van der Waals surface area contributed by atoms with Crippen molar-refractivity contribution in [3.8, 4) is 5.82 Å². The average Bonchev–Trinajstić information content (AvgIpc) is 2.58. The monoisotopic (exact) mass is 251 g/mol. The van der Waals surface area contributed by atoms with Gasteiger partial charge in [0.2, 0.25) is 0 Å². The van der Waals surface area contributed by atoms with Gasteiger partial charge in [-0.25, -0.2) is 14.5 Å². The Labute approximate surface area is 103 Å². The molecule has 0 aromatic carbocycles. The van der Waals surface area contributed by atoms with Crippen molar-refractivity contribution >= 4 is 17.6 Å². The summed E-state index contributed by atoms with van der Waals surface area (Å²) in [4.78, 5) is 14.9. The number of pyridine rings is 1. The summed E-state index contributed by atoms with van der Waals surface area (Å²) in [6.45, 7) is 3.57. The van der Waals surface area contributed by atoms with Crippen molar-refractivity contribution < 1.29 is 9.90 Å². The highest BCUT2D eigenvalue weighted by Crippen LogP contribution is 2.17. The van der Waals surface area contributed by atoms with Crippen LogP contribution in [0.2, 0.25) is 5.02 Å².